The van der Waals surface area contributed by atoms with Gasteiger partial charge in [-0.15, -0.1) is 0 Å². The summed E-state index contributed by atoms with van der Waals surface area (Å²) in [6.07, 6.45) is 1.76. The first-order valence-electron chi connectivity index (χ1n) is 5.72. The molecule has 0 radical (unpaired) electrons. The molecule has 4 heteroatoms. The second-order valence-corrected chi connectivity index (χ2v) is 4.00. The third-order valence-corrected chi connectivity index (χ3v) is 2.73. The van der Waals surface area contributed by atoms with Crippen LogP contribution in [0, 0.1) is 6.92 Å². The van der Waals surface area contributed by atoms with Crippen molar-refractivity contribution in [2.45, 2.75) is 13.5 Å². The van der Waals surface area contributed by atoms with Crippen LogP contribution in [0.15, 0.2) is 36.5 Å². The smallest absolute Gasteiger partial charge is 0.160 e. The van der Waals surface area contributed by atoms with Crippen LogP contribution in [0.2, 0.25) is 0 Å². The average Bonchev–Trinajstić information content (AvgIpc) is 2.38. The minimum absolute atomic E-state index is 0.153. The van der Waals surface area contributed by atoms with Crippen molar-refractivity contribution in [2.75, 3.05) is 12.4 Å². The van der Waals surface area contributed by atoms with Crippen molar-refractivity contribution >= 4 is 5.69 Å². The predicted molar refractivity (Wildman–Crippen MR) is 71.0 cm³/mol. The highest BCUT2D eigenvalue weighted by Gasteiger charge is 2.03. The Morgan fingerprint density at radius 3 is 2.83 bits per heavy atom. The van der Waals surface area contributed by atoms with Crippen molar-refractivity contribution in [3.05, 3.63) is 47.8 Å². The summed E-state index contributed by atoms with van der Waals surface area (Å²) >= 11 is 0. The first-order valence-corrected chi connectivity index (χ1v) is 5.72. The maximum atomic E-state index is 9.68. The summed E-state index contributed by atoms with van der Waals surface area (Å²) in [5, 5.41) is 13.0. The number of ether oxygens (including phenoxy) is 1. The molecule has 2 N–H and O–H groups in total. The molecule has 0 aliphatic rings. The number of aryl methyl sites for hydroxylation is 1. The fourth-order valence-corrected chi connectivity index (χ4v) is 1.71. The van der Waals surface area contributed by atoms with Crippen molar-refractivity contribution in [3.8, 4) is 11.5 Å². The van der Waals surface area contributed by atoms with Gasteiger partial charge < -0.3 is 15.2 Å². The topological polar surface area (TPSA) is 54.4 Å². The van der Waals surface area contributed by atoms with Gasteiger partial charge in [0.05, 0.1) is 18.5 Å². The van der Waals surface area contributed by atoms with Gasteiger partial charge >= 0.3 is 0 Å². The Morgan fingerprint density at radius 2 is 2.17 bits per heavy atom. The summed E-state index contributed by atoms with van der Waals surface area (Å²) < 4.78 is 5.00. The number of hydrogen-bond donors (Lipinski definition) is 2. The molecule has 1 heterocycles. The molecule has 2 rings (SSSR count). The number of pyridine rings is 1. The van der Waals surface area contributed by atoms with Crippen LogP contribution in [0.1, 0.15) is 11.3 Å². The van der Waals surface area contributed by atoms with E-state index in [0.29, 0.717) is 12.3 Å². The largest absolute Gasteiger partial charge is 0.504 e. The minimum Gasteiger partial charge on any atom is -0.504 e. The molecule has 1 aromatic heterocycles. The molecule has 0 atom stereocenters. The number of phenols is 1. The molecule has 0 saturated heterocycles. The van der Waals surface area contributed by atoms with E-state index < -0.39 is 0 Å². The fraction of sp³-hybridized carbons (Fsp3) is 0.214. The van der Waals surface area contributed by atoms with E-state index in [-0.39, 0.29) is 5.75 Å². The van der Waals surface area contributed by atoms with Gasteiger partial charge in [0.2, 0.25) is 0 Å². The first-order chi connectivity index (χ1) is 8.70. The summed E-state index contributed by atoms with van der Waals surface area (Å²) in [7, 11) is 1.53. The zero-order chi connectivity index (χ0) is 13.0. The highest BCUT2D eigenvalue weighted by Crippen LogP contribution is 2.26. The van der Waals surface area contributed by atoms with Crippen LogP contribution in [0.3, 0.4) is 0 Å². The molecule has 2 aromatic rings. The van der Waals surface area contributed by atoms with Crippen LogP contribution in [-0.2, 0) is 6.54 Å². The molecule has 0 aliphatic heterocycles. The van der Waals surface area contributed by atoms with Crippen molar-refractivity contribution in [3.63, 3.8) is 0 Å². The molecule has 18 heavy (non-hydrogen) atoms. The third kappa shape index (κ3) is 2.71. The number of phenolic OH excluding ortho intramolecular Hbond substituents is 1. The molecular formula is C14H16N2O2. The Balaban J connectivity index is 2.07. The monoisotopic (exact) mass is 244 g/mol. The second kappa shape index (κ2) is 5.40. The van der Waals surface area contributed by atoms with Gasteiger partial charge in [-0.3, -0.25) is 4.98 Å². The number of nitrogens with zero attached hydrogens (tertiary/aromatic N) is 1. The van der Waals surface area contributed by atoms with Gasteiger partial charge in [-0.2, -0.15) is 0 Å². The zero-order valence-electron chi connectivity index (χ0n) is 10.5. The van der Waals surface area contributed by atoms with Gasteiger partial charge in [0.1, 0.15) is 0 Å². The summed E-state index contributed by atoms with van der Waals surface area (Å²) in [5.41, 5.74) is 2.93. The van der Waals surface area contributed by atoms with Crippen LogP contribution >= 0.6 is 0 Å². The normalized spacial score (nSPS) is 10.1. The number of aromatic hydroxyl groups is 1. The van der Waals surface area contributed by atoms with Crippen molar-refractivity contribution < 1.29 is 9.84 Å². The van der Waals surface area contributed by atoms with Gasteiger partial charge in [-0.1, -0.05) is 6.07 Å². The number of anilines is 1. The van der Waals surface area contributed by atoms with E-state index in [1.54, 1.807) is 18.3 Å². The number of benzene rings is 1. The van der Waals surface area contributed by atoms with Gasteiger partial charge in [0.25, 0.3) is 0 Å². The number of nitrogens with one attached hydrogen (secondary N) is 1. The van der Waals surface area contributed by atoms with Crippen LogP contribution in [0.5, 0.6) is 11.5 Å². The van der Waals surface area contributed by atoms with Crippen molar-refractivity contribution in [1.82, 2.24) is 4.98 Å². The lowest BCUT2D eigenvalue weighted by Crippen LogP contribution is -2.01. The van der Waals surface area contributed by atoms with Crippen molar-refractivity contribution in [2.24, 2.45) is 0 Å². The number of hydrogen-bond acceptors (Lipinski definition) is 4. The molecule has 4 nitrogen and oxygen atoms in total. The van der Waals surface area contributed by atoms with E-state index in [2.05, 4.69) is 10.3 Å². The standard InChI is InChI=1S/C14H16N2O2/c1-10-12(4-3-7-15-10)16-9-11-5-6-14(18-2)13(17)8-11/h3-8,16-17H,9H2,1-2H3. The maximum absolute atomic E-state index is 9.68. The molecule has 0 amide bonds. The zero-order valence-corrected chi connectivity index (χ0v) is 10.5. The lowest BCUT2D eigenvalue weighted by atomic mass is 10.2. The van der Waals surface area contributed by atoms with Crippen LogP contribution in [0.25, 0.3) is 0 Å². The number of methoxy groups -OCH3 is 1. The van der Waals surface area contributed by atoms with Crippen LogP contribution in [-0.4, -0.2) is 17.2 Å². The average molecular weight is 244 g/mol. The van der Waals surface area contributed by atoms with Crippen molar-refractivity contribution in [1.29, 1.82) is 0 Å². The molecule has 0 unspecified atom stereocenters. The SMILES string of the molecule is COc1ccc(CNc2cccnc2C)cc1O. The van der Waals surface area contributed by atoms with Gasteiger partial charge in [-0.05, 0) is 36.8 Å². The van der Waals surface area contributed by atoms with E-state index in [1.807, 2.05) is 25.1 Å². The Kier molecular flexibility index (Phi) is 3.67. The maximum Gasteiger partial charge on any atom is 0.160 e. The van der Waals surface area contributed by atoms with E-state index in [9.17, 15) is 5.11 Å². The van der Waals surface area contributed by atoms with E-state index >= 15 is 0 Å². The molecule has 94 valence electrons. The minimum atomic E-state index is 0.153. The Labute approximate surface area is 106 Å². The molecular weight excluding hydrogens is 228 g/mol. The van der Waals surface area contributed by atoms with E-state index in [4.69, 9.17) is 4.74 Å². The summed E-state index contributed by atoms with van der Waals surface area (Å²) in [4.78, 5) is 4.20. The van der Waals surface area contributed by atoms with Gasteiger partial charge in [-0.25, -0.2) is 0 Å². The quantitative estimate of drug-likeness (QED) is 0.868. The predicted octanol–water partition coefficient (Wildman–Crippen LogP) is 2.72. The summed E-state index contributed by atoms with van der Waals surface area (Å²) in [5.74, 6) is 0.635. The summed E-state index contributed by atoms with van der Waals surface area (Å²) in [6.45, 7) is 2.58. The van der Waals surface area contributed by atoms with E-state index in [0.717, 1.165) is 16.9 Å². The highest BCUT2D eigenvalue weighted by molar-refractivity contribution is 5.48. The lowest BCUT2D eigenvalue weighted by Gasteiger charge is -2.10. The Morgan fingerprint density at radius 1 is 1.33 bits per heavy atom. The van der Waals surface area contributed by atoms with E-state index in [1.165, 1.54) is 7.11 Å². The molecule has 0 spiro atoms. The lowest BCUT2D eigenvalue weighted by molar-refractivity contribution is 0.373. The molecule has 0 fully saturated rings. The Hall–Kier alpha value is -2.23. The summed E-state index contributed by atoms with van der Waals surface area (Å²) in [6, 6.07) is 9.23. The second-order valence-electron chi connectivity index (χ2n) is 4.00. The number of aromatic nitrogens is 1. The first kappa shape index (κ1) is 12.2. The number of rotatable bonds is 4. The highest BCUT2D eigenvalue weighted by atomic mass is 16.5. The molecule has 0 bridgehead atoms. The van der Waals surface area contributed by atoms with Gasteiger partial charge in [0, 0.05) is 12.7 Å². The Bertz CT molecular complexity index is 541. The fourth-order valence-electron chi connectivity index (χ4n) is 1.71. The third-order valence-electron chi connectivity index (χ3n) is 2.73. The molecule has 1 aromatic carbocycles. The van der Waals surface area contributed by atoms with Gasteiger partial charge in [0.15, 0.2) is 11.5 Å². The van der Waals surface area contributed by atoms with Crippen LogP contribution in [0.4, 0.5) is 5.69 Å². The van der Waals surface area contributed by atoms with Crippen LogP contribution < -0.4 is 10.1 Å². The molecule has 0 aliphatic carbocycles. The molecule has 0 saturated carbocycles.